The van der Waals surface area contributed by atoms with Gasteiger partial charge in [0.1, 0.15) is 22.8 Å². The van der Waals surface area contributed by atoms with Crippen LogP contribution in [-0.4, -0.2) is 12.2 Å². The number of hydrogen-bond donors (Lipinski definition) is 1. The first-order valence-electron chi connectivity index (χ1n) is 8.27. The predicted octanol–water partition coefficient (Wildman–Crippen LogP) is 5.42. The van der Waals surface area contributed by atoms with Crippen LogP contribution in [0.5, 0.6) is 17.2 Å². The largest absolute Gasteiger partial charge is 0.508 e. The van der Waals surface area contributed by atoms with Crippen LogP contribution < -0.4 is 9.47 Å². The minimum absolute atomic E-state index is 0.260. The summed E-state index contributed by atoms with van der Waals surface area (Å²) >= 11 is 0. The molecule has 0 fully saturated rings. The molecule has 0 amide bonds. The van der Waals surface area contributed by atoms with Gasteiger partial charge in [0.05, 0.1) is 7.11 Å². The van der Waals surface area contributed by atoms with Crippen LogP contribution >= 0.6 is 0 Å². The van der Waals surface area contributed by atoms with Crippen LogP contribution in [0.25, 0.3) is 11.1 Å². The third-order valence-electron chi connectivity index (χ3n) is 4.56. The molecule has 0 spiro atoms. The minimum Gasteiger partial charge on any atom is -0.508 e. The molecule has 2 aromatic rings. The zero-order valence-electron chi connectivity index (χ0n) is 14.7. The van der Waals surface area contributed by atoms with Crippen molar-refractivity contribution < 1.29 is 14.6 Å². The van der Waals surface area contributed by atoms with Gasteiger partial charge >= 0.3 is 0 Å². The second-order valence-corrected chi connectivity index (χ2v) is 6.75. The Bertz CT molecular complexity index is 788. The van der Waals surface area contributed by atoms with Crippen LogP contribution in [-0.2, 0) is 5.60 Å². The molecular weight excluding hydrogens is 300 g/mol. The molecule has 1 aliphatic rings. The molecule has 3 nitrogen and oxygen atoms in total. The zero-order valence-corrected chi connectivity index (χ0v) is 14.7. The monoisotopic (exact) mass is 324 g/mol. The molecule has 1 atom stereocenters. The van der Waals surface area contributed by atoms with Crippen LogP contribution in [0.1, 0.15) is 39.2 Å². The summed E-state index contributed by atoms with van der Waals surface area (Å²) in [6.07, 6.45) is 4.06. The summed E-state index contributed by atoms with van der Waals surface area (Å²) in [6, 6.07) is 11.3. The van der Waals surface area contributed by atoms with Crippen molar-refractivity contribution in [1.29, 1.82) is 0 Å². The molecule has 1 N–H and O–H groups in total. The summed E-state index contributed by atoms with van der Waals surface area (Å²) < 4.78 is 11.7. The molecule has 0 saturated heterocycles. The fourth-order valence-electron chi connectivity index (χ4n) is 3.27. The lowest BCUT2D eigenvalue weighted by atomic mass is 9.82. The molecule has 0 saturated carbocycles. The third-order valence-corrected chi connectivity index (χ3v) is 4.56. The fraction of sp³-hybridized carbons (Fsp3) is 0.333. The van der Waals surface area contributed by atoms with Crippen LogP contribution in [0.3, 0.4) is 0 Å². The van der Waals surface area contributed by atoms with Crippen molar-refractivity contribution in [2.24, 2.45) is 0 Å². The summed E-state index contributed by atoms with van der Waals surface area (Å²) in [4.78, 5) is 0. The van der Waals surface area contributed by atoms with E-state index in [2.05, 4.69) is 26.8 Å². The van der Waals surface area contributed by atoms with E-state index in [0.717, 1.165) is 41.0 Å². The highest BCUT2D eigenvalue weighted by Gasteiger charge is 2.36. The second kappa shape index (κ2) is 6.23. The molecule has 3 heteroatoms. The van der Waals surface area contributed by atoms with E-state index < -0.39 is 5.60 Å². The van der Waals surface area contributed by atoms with Gasteiger partial charge in [-0.1, -0.05) is 17.7 Å². The molecule has 0 aromatic heterocycles. The topological polar surface area (TPSA) is 38.7 Å². The Morgan fingerprint density at radius 3 is 2.67 bits per heavy atom. The lowest BCUT2D eigenvalue weighted by Crippen LogP contribution is -2.32. The molecule has 0 radical (unpaired) electrons. The van der Waals surface area contributed by atoms with Gasteiger partial charge in [0.25, 0.3) is 0 Å². The maximum absolute atomic E-state index is 9.98. The minimum atomic E-state index is -0.420. The SMILES string of the molecule is COc1ccc2c(c1)-c1cc(O)ccc1[C@@](C)(CCC=C(C)C)O2. The normalized spacial score (nSPS) is 18.2. The molecule has 24 heavy (non-hydrogen) atoms. The second-order valence-electron chi connectivity index (χ2n) is 6.75. The van der Waals surface area contributed by atoms with Crippen LogP contribution in [0, 0.1) is 0 Å². The van der Waals surface area contributed by atoms with E-state index in [-0.39, 0.29) is 5.75 Å². The van der Waals surface area contributed by atoms with Crippen molar-refractivity contribution >= 4 is 0 Å². The van der Waals surface area contributed by atoms with Gasteiger partial charge in [-0.3, -0.25) is 0 Å². The van der Waals surface area contributed by atoms with E-state index in [1.165, 1.54) is 5.57 Å². The van der Waals surface area contributed by atoms with Gasteiger partial charge in [-0.05, 0) is 69.5 Å². The molecular formula is C21H24O3. The van der Waals surface area contributed by atoms with Crippen molar-refractivity contribution in [3.63, 3.8) is 0 Å². The predicted molar refractivity (Wildman–Crippen MR) is 96.7 cm³/mol. The highest BCUT2D eigenvalue weighted by Crippen LogP contribution is 2.49. The standard InChI is InChI=1S/C21H24O3/c1-14(2)6-5-11-21(3)19-9-7-15(22)12-17(19)18-13-16(23-4)8-10-20(18)24-21/h6-10,12-13,22H,5,11H2,1-4H3/t21-/m1/s1. The number of aromatic hydroxyl groups is 1. The average molecular weight is 324 g/mol. The summed E-state index contributed by atoms with van der Waals surface area (Å²) in [5.41, 5.74) is 3.96. The van der Waals surface area contributed by atoms with E-state index in [1.54, 1.807) is 13.2 Å². The fourth-order valence-corrected chi connectivity index (χ4v) is 3.27. The van der Waals surface area contributed by atoms with Crippen molar-refractivity contribution in [3.8, 4) is 28.4 Å². The Hall–Kier alpha value is -2.42. The maximum atomic E-state index is 9.98. The molecule has 1 heterocycles. The van der Waals surface area contributed by atoms with Gasteiger partial charge in [0, 0.05) is 11.1 Å². The summed E-state index contributed by atoms with van der Waals surface area (Å²) in [7, 11) is 1.65. The molecule has 1 aliphatic heterocycles. The van der Waals surface area contributed by atoms with Gasteiger partial charge in [-0.25, -0.2) is 0 Å². The number of rotatable bonds is 4. The first-order valence-corrected chi connectivity index (χ1v) is 8.27. The number of methoxy groups -OCH3 is 1. The van der Waals surface area contributed by atoms with Crippen molar-refractivity contribution in [2.45, 2.75) is 39.2 Å². The summed E-state index contributed by atoms with van der Waals surface area (Å²) in [6.45, 7) is 6.34. The van der Waals surface area contributed by atoms with Crippen LogP contribution in [0.4, 0.5) is 0 Å². The lowest BCUT2D eigenvalue weighted by molar-refractivity contribution is 0.0750. The van der Waals surface area contributed by atoms with E-state index in [0.29, 0.717) is 0 Å². The molecule has 126 valence electrons. The quantitative estimate of drug-likeness (QED) is 0.763. The summed E-state index contributed by atoms with van der Waals surface area (Å²) in [5.74, 6) is 1.87. The Morgan fingerprint density at radius 1 is 1.17 bits per heavy atom. The van der Waals surface area contributed by atoms with Gasteiger partial charge in [0.15, 0.2) is 0 Å². The number of allylic oxidation sites excluding steroid dienone is 2. The summed E-state index contributed by atoms with van der Waals surface area (Å²) in [5, 5.41) is 9.98. The van der Waals surface area contributed by atoms with E-state index in [9.17, 15) is 5.11 Å². The van der Waals surface area contributed by atoms with Crippen molar-refractivity contribution in [1.82, 2.24) is 0 Å². The first kappa shape index (κ1) is 16.4. The Balaban J connectivity index is 2.09. The number of phenols is 1. The van der Waals surface area contributed by atoms with Gasteiger partial charge in [-0.15, -0.1) is 0 Å². The lowest BCUT2D eigenvalue weighted by Gasteiger charge is -2.38. The van der Waals surface area contributed by atoms with Crippen LogP contribution in [0.15, 0.2) is 48.0 Å². The molecule has 0 unspecified atom stereocenters. The first-order chi connectivity index (χ1) is 11.4. The van der Waals surface area contributed by atoms with E-state index >= 15 is 0 Å². The molecule has 0 aliphatic carbocycles. The molecule has 0 bridgehead atoms. The third kappa shape index (κ3) is 2.99. The smallest absolute Gasteiger partial charge is 0.132 e. The molecule has 3 rings (SSSR count). The zero-order chi connectivity index (χ0) is 17.3. The van der Waals surface area contributed by atoms with Crippen molar-refractivity contribution in [3.05, 3.63) is 53.6 Å². The van der Waals surface area contributed by atoms with Gasteiger partial charge < -0.3 is 14.6 Å². The Morgan fingerprint density at radius 2 is 1.96 bits per heavy atom. The van der Waals surface area contributed by atoms with Gasteiger partial charge in [0.2, 0.25) is 0 Å². The van der Waals surface area contributed by atoms with Crippen molar-refractivity contribution in [2.75, 3.05) is 7.11 Å². The van der Waals surface area contributed by atoms with Crippen LogP contribution in [0.2, 0.25) is 0 Å². The maximum Gasteiger partial charge on any atom is 0.132 e. The highest BCUT2D eigenvalue weighted by molar-refractivity contribution is 5.78. The number of fused-ring (bicyclic) bond motifs is 3. The Kier molecular flexibility index (Phi) is 4.27. The number of phenolic OH excluding ortho intramolecular Hbond substituents is 1. The average Bonchev–Trinajstić information content (AvgIpc) is 2.54. The number of ether oxygens (including phenoxy) is 2. The Labute approximate surface area is 143 Å². The van der Waals surface area contributed by atoms with E-state index in [1.807, 2.05) is 30.3 Å². The number of hydrogen-bond acceptors (Lipinski definition) is 3. The highest BCUT2D eigenvalue weighted by atomic mass is 16.5. The van der Waals surface area contributed by atoms with Gasteiger partial charge in [-0.2, -0.15) is 0 Å². The molecule has 2 aromatic carbocycles. The number of benzene rings is 2. The van der Waals surface area contributed by atoms with E-state index in [4.69, 9.17) is 9.47 Å².